The SMILES string of the molecule is CCCNC(CCCC(C)C)C1(C)CCCCO1. The van der Waals surface area contributed by atoms with Crippen LogP contribution < -0.4 is 5.32 Å². The van der Waals surface area contributed by atoms with E-state index in [-0.39, 0.29) is 5.60 Å². The van der Waals surface area contributed by atoms with E-state index in [0.717, 1.165) is 19.1 Å². The Hall–Kier alpha value is -0.0800. The summed E-state index contributed by atoms with van der Waals surface area (Å²) >= 11 is 0. The van der Waals surface area contributed by atoms with Gasteiger partial charge in [-0.2, -0.15) is 0 Å². The molecular formula is C16H33NO. The summed E-state index contributed by atoms with van der Waals surface area (Å²) in [5.41, 5.74) is 0.0738. The molecule has 1 saturated heterocycles. The summed E-state index contributed by atoms with van der Waals surface area (Å²) in [7, 11) is 0. The summed E-state index contributed by atoms with van der Waals surface area (Å²) in [6.07, 6.45) is 8.90. The van der Waals surface area contributed by atoms with Gasteiger partial charge in [-0.3, -0.25) is 0 Å². The number of hydrogen-bond donors (Lipinski definition) is 1. The third kappa shape index (κ3) is 5.27. The zero-order valence-corrected chi connectivity index (χ0v) is 12.9. The van der Waals surface area contributed by atoms with Crippen LogP contribution in [0.15, 0.2) is 0 Å². The second-order valence-corrected chi connectivity index (χ2v) is 6.45. The maximum absolute atomic E-state index is 6.12. The molecule has 1 N–H and O–H groups in total. The van der Waals surface area contributed by atoms with Gasteiger partial charge in [0.05, 0.1) is 5.60 Å². The van der Waals surface area contributed by atoms with Crippen molar-refractivity contribution in [3.8, 4) is 0 Å². The molecule has 1 rings (SSSR count). The molecule has 108 valence electrons. The van der Waals surface area contributed by atoms with Crippen LogP contribution in [0.3, 0.4) is 0 Å². The first kappa shape index (κ1) is 16.0. The molecule has 2 nitrogen and oxygen atoms in total. The minimum atomic E-state index is 0.0738. The Kier molecular flexibility index (Phi) is 7.25. The zero-order chi connectivity index (χ0) is 13.4. The number of nitrogens with one attached hydrogen (secondary N) is 1. The average Bonchev–Trinajstić information content (AvgIpc) is 2.34. The molecule has 1 aliphatic heterocycles. The number of rotatable bonds is 8. The van der Waals surface area contributed by atoms with Crippen molar-refractivity contribution in [2.45, 2.75) is 84.3 Å². The Morgan fingerprint density at radius 2 is 2.00 bits per heavy atom. The highest BCUT2D eigenvalue weighted by Crippen LogP contribution is 2.30. The monoisotopic (exact) mass is 255 g/mol. The predicted molar refractivity (Wildman–Crippen MR) is 79.0 cm³/mol. The van der Waals surface area contributed by atoms with E-state index >= 15 is 0 Å². The zero-order valence-electron chi connectivity index (χ0n) is 12.9. The van der Waals surface area contributed by atoms with Crippen LogP contribution in [-0.2, 0) is 4.74 Å². The highest BCUT2D eigenvalue weighted by molar-refractivity contribution is 4.91. The van der Waals surface area contributed by atoms with E-state index in [9.17, 15) is 0 Å². The quantitative estimate of drug-likeness (QED) is 0.704. The van der Waals surface area contributed by atoms with Gasteiger partial charge in [0.15, 0.2) is 0 Å². The molecule has 0 aromatic rings. The minimum absolute atomic E-state index is 0.0738. The molecule has 2 atom stereocenters. The van der Waals surface area contributed by atoms with Gasteiger partial charge >= 0.3 is 0 Å². The second kappa shape index (κ2) is 8.16. The molecule has 1 heterocycles. The maximum Gasteiger partial charge on any atom is 0.0806 e. The molecule has 0 aromatic carbocycles. The van der Waals surface area contributed by atoms with E-state index in [1.165, 1.54) is 44.9 Å². The lowest BCUT2D eigenvalue weighted by atomic mass is 9.84. The van der Waals surface area contributed by atoms with Crippen LogP contribution in [0.5, 0.6) is 0 Å². The first-order valence-electron chi connectivity index (χ1n) is 7.96. The van der Waals surface area contributed by atoms with E-state index in [2.05, 4.69) is 33.0 Å². The Morgan fingerprint density at radius 3 is 2.56 bits per heavy atom. The first-order chi connectivity index (χ1) is 8.58. The standard InChI is InChI=1S/C16H33NO/c1-5-12-17-15(10-8-9-14(2)3)16(4)11-6-7-13-18-16/h14-15,17H,5-13H2,1-4H3. The molecule has 1 aliphatic rings. The van der Waals surface area contributed by atoms with Crippen LogP contribution in [0.4, 0.5) is 0 Å². The fraction of sp³-hybridized carbons (Fsp3) is 1.00. The normalized spacial score (nSPS) is 26.5. The van der Waals surface area contributed by atoms with Crippen molar-refractivity contribution in [1.82, 2.24) is 5.32 Å². The molecule has 0 aromatic heterocycles. The fourth-order valence-electron chi connectivity index (χ4n) is 2.90. The van der Waals surface area contributed by atoms with Gasteiger partial charge < -0.3 is 10.1 Å². The third-order valence-corrected chi connectivity index (χ3v) is 4.15. The van der Waals surface area contributed by atoms with Gasteiger partial charge in [-0.25, -0.2) is 0 Å². The van der Waals surface area contributed by atoms with Crippen LogP contribution in [0, 0.1) is 5.92 Å². The van der Waals surface area contributed by atoms with Crippen molar-refractivity contribution >= 4 is 0 Å². The summed E-state index contributed by atoms with van der Waals surface area (Å²) in [6.45, 7) is 11.2. The van der Waals surface area contributed by atoms with Crippen LogP contribution in [0.2, 0.25) is 0 Å². The van der Waals surface area contributed by atoms with Gasteiger partial charge in [-0.15, -0.1) is 0 Å². The predicted octanol–water partition coefficient (Wildman–Crippen LogP) is 4.14. The van der Waals surface area contributed by atoms with Gasteiger partial charge in [0.1, 0.15) is 0 Å². The topological polar surface area (TPSA) is 21.3 Å². The second-order valence-electron chi connectivity index (χ2n) is 6.45. The summed E-state index contributed by atoms with van der Waals surface area (Å²) in [6, 6.07) is 0.538. The molecule has 0 radical (unpaired) electrons. The molecule has 2 heteroatoms. The van der Waals surface area contributed by atoms with Crippen molar-refractivity contribution in [1.29, 1.82) is 0 Å². The molecule has 0 bridgehead atoms. The van der Waals surface area contributed by atoms with Crippen molar-refractivity contribution in [3.63, 3.8) is 0 Å². The van der Waals surface area contributed by atoms with Gasteiger partial charge in [0, 0.05) is 12.6 Å². The van der Waals surface area contributed by atoms with E-state index in [1.807, 2.05) is 0 Å². The highest BCUT2D eigenvalue weighted by atomic mass is 16.5. The van der Waals surface area contributed by atoms with Crippen molar-refractivity contribution in [2.24, 2.45) is 5.92 Å². The van der Waals surface area contributed by atoms with Crippen LogP contribution in [0.1, 0.15) is 72.6 Å². The van der Waals surface area contributed by atoms with Crippen LogP contribution >= 0.6 is 0 Å². The highest BCUT2D eigenvalue weighted by Gasteiger charge is 2.35. The van der Waals surface area contributed by atoms with Crippen molar-refractivity contribution in [3.05, 3.63) is 0 Å². The molecule has 2 unspecified atom stereocenters. The van der Waals surface area contributed by atoms with E-state index in [4.69, 9.17) is 4.74 Å². The summed E-state index contributed by atoms with van der Waals surface area (Å²) < 4.78 is 6.12. The molecule has 0 saturated carbocycles. The molecule has 18 heavy (non-hydrogen) atoms. The summed E-state index contributed by atoms with van der Waals surface area (Å²) in [5, 5.41) is 3.73. The lowest BCUT2D eigenvalue weighted by Crippen LogP contribution is -2.52. The van der Waals surface area contributed by atoms with E-state index in [0.29, 0.717) is 6.04 Å². The van der Waals surface area contributed by atoms with Crippen LogP contribution in [-0.4, -0.2) is 24.8 Å². The lowest BCUT2D eigenvalue weighted by molar-refractivity contribution is -0.0904. The maximum atomic E-state index is 6.12. The first-order valence-corrected chi connectivity index (χ1v) is 7.96. The Labute approximate surface area is 114 Å². The van der Waals surface area contributed by atoms with Gasteiger partial charge in [-0.05, 0) is 51.5 Å². The van der Waals surface area contributed by atoms with Gasteiger partial charge in [0.25, 0.3) is 0 Å². The van der Waals surface area contributed by atoms with Crippen LogP contribution in [0.25, 0.3) is 0 Å². The summed E-state index contributed by atoms with van der Waals surface area (Å²) in [5.74, 6) is 0.817. The molecule has 0 spiro atoms. The largest absolute Gasteiger partial charge is 0.374 e. The lowest BCUT2D eigenvalue weighted by Gasteiger charge is -2.41. The number of ether oxygens (including phenoxy) is 1. The van der Waals surface area contributed by atoms with Crippen molar-refractivity contribution in [2.75, 3.05) is 13.2 Å². The van der Waals surface area contributed by atoms with Crippen molar-refractivity contribution < 1.29 is 4.74 Å². The Balaban J connectivity index is 2.47. The molecular weight excluding hydrogens is 222 g/mol. The Morgan fingerprint density at radius 1 is 1.22 bits per heavy atom. The average molecular weight is 255 g/mol. The fourth-order valence-corrected chi connectivity index (χ4v) is 2.90. The van der Waals surface area contributed by atoms with Gasteiger partial charge in [-0.1, -0.05) is 33.6 Å². The third-order valence-electron chi connectivity index (χ3n) is 4.15. The Bertz CT molecular complexity index is 209. The minimum Gasteiger partial charge on any atom is -0.374 e. The van der Waals surface area contributed by atoms with Gasteiger partial charge in [0.2, 0.25) is 0 Å². The number of hydrogen-bond acceptors (Lipinski definition) is 2. The molecule has 1 fully saturated rings. The van der Waals surface area contributed by atoms with E-state index < -0.39 is 0 Å². The molecule has 0 amide bonds. The smallest absolute Gasteiger partial charge is 0.0806 e. The summed E-state index contributed by atoms with van der Waals surface area (Å²) in [4.78, 5) is 0. The molecule has 0 aliphatic carbocycles. The van der Waals surface area contributed by atoms with E-state index in [1.54, 1.807) is 0 Å².